The summed E-state index contributed by atoms with van der Waals surface area (Å²) in [5, 5.41) is 6.23. The second-order valence-corrected chi connectivity index (χ2v) is 4.89. The van der Waals surface area contributed by atoms with Crippen molar-refractivity contribution in [2.45, 2.75) is 0 Å². The van der Waals surface area contributed by atoms with Crippen molar-refractivity contribution >= 4 is 22.7 Å². The number of hydrogen-bond acceptors (Lipinski definition) is 5. The molecule has 0 aliphatic carbocycles. The van der Waals surface area contributed by atoms with Crippen LogP contribution in [0.4, 0.5) is 5.69 Å². The molecule has 23 heavy (non-hydrogen) atoms. The van der Waals surface area contributed by atoms with Gasteiger partial charge in [0, 0.05) is 17.3 Å². The van der Waals surface area contributed by atoms with Gasteiger partial charge in [-0.05, 0) is 36.4 Å². The van der Waals surface area contributed by atoms with Gasteiger partial charge in [0.2, 0.25) is 11.7 Å². The van der Waals surface area contributed by atoms with Gasteiger partial charge in [-0.1, -0.05) is 17.3 Å². The zero-order valence-electron chi connectivity index (χ0n) is 11.9. The van der Waals surface area contributed by atoms with E-state index in [1.165, 1.54) is 12.3 Å². The minimum Gasteiger partial charge on any atom is -0.436 e. The minimum absolute atomic E-state index is 0.160. The number of aromatic nitrogens is 2. The highest BCUT2D eigenvalue weighted by Gasteiger charge is 2.11. The molecule has 2 heterocycles. The van der Waals surface area contributed by atoms with Crippen LogP contribution in [0.15, 0.2) is 69.7 Å². The van der Waals surface area contributed by atoms with Crippen LogP contribution in [0, 0.1) is 0 Å². The van der Waals surface area contributed by atoms with Crippen LogP contribution in [0.3, 0.4) is 0 Å². The molecule has 112 valence electrons. The van der Waals surface area contributed by atoms with Gasteiger partial charge in [0.25, 0.3) is 5.91 Å². The Morgan fingerprint density at radius 1 is 1.00 bits per heavy atom. The largest absolute Gasteiger partial charge is 0.436 e. The molecule has 4 rings (SSSR count). The summed E-state index contributed by atoms with van der Waals surface area (Å²) in [6.07, 6.45) is 1.42. The third kappa shape index (κ3) is 2.57. The van der Waals surface area contributed by atoms with Crippen molar-refractivity contribution < 1.29 is 13.7 Å². The van der Waals surface area contributed by atoms with Crippen LogP contribution >= 0.6 is 0 Å². The highest BCUT2D eigenvalue weighted by molar-refractivity contribution is 6.02. The molecular formula is C17H11N3O3. The molecule has 2 aromatic heterocycles. The Morgan fingerprint density at radius 2 is 1.83 bits per heavy atom. The Labute approximate surface area is 130 Å². The van der Waals surface area contributed by atoms with Crippen molar-refractivity contribution in [3.63, 3.8) is 0 Å². The number of hydrogen-bond donors (Lipinski definition) is 1. The number of nitrogens with zero attached hydrogens (tertiary/aromatic N) is 2. The number of anilines is 1. The lowest BCUT2D eigenvalue weighted by Gasteiger charge is -2.03. The van der Waals surface area contributed by atoms with Gasteiger partial charge in [-0.3, -0.25) is 4.79 Å². The fourth-order valence-corrected chi connectivity index (χ4v) is 2.22. The van der Waals surface area contributed by atoms with E-state index >= 15 is 0 Å². The van der Waals surface area contributed by atoms with Crippen LogP contribution in [0.1, 0.15) is 10.6 Å². The number of nitrogens with one attached hydrogen (secondary N) is 1. The summed E-state index contributed by atoms with van der Waals surface area (Å²) in [6, 6.07) is 16.3. The van der Waals surface area contributed by atoms with Crippen LogP contribution in [0.2, 0.25) is 0 Å². The second kappa shape index (κ2) is 5.42. The monoisotopic (exact) mass is 305 g/mol. The summed E-state index contributed by atoms with van der Waals surface area (Å²) < 4.78 is 10.5. The molecule has 2 aromatic carbocycles. The molecule has 0 aliphatic rings. The topological polar surface area (TPSA) is 81.2 Å². The van der Waals surface area contributed by atoms with Crippen molar-refractivity contribution in [2.75, 3.05) is 5.32 Å². The number of rotatable bonds is 3. The molecule has 0 aliphatic heterocycles. The van der Waals surface area contributed by atoms with Gasteiger partial charge in [0.15, 0.2) is 5.58 Å². The molecule has 0 atom stereocenters. The maximum absolute atomic E-state index is 11.9. The van der Waals surface area contributed by atoms with E-state index in [0.717, 1.165) is 16.7 Å². The van der Waals surface area contributed by atoms with E-state index < -0.39 is 0 Å². The zero-order chi connectivity index (χ0) is 15.6. The van der Waals surface area contributed by atoms with Crippen molar-refractivity contribution in [3.8, 4) is 11.5 Å². The highest BCUT2D eigenvalue weighted by Crippen LogP contribution is 2.25. The first kappa shape index (κ1) is 13.3. The Balaban J connectivity index is 1.57. The van der Waals surface area contributed by atoms with Gasteiger partial charge < -0.3 is 14.3 Å². The normalized spacial score (nSPS) is 10.8. The lowest BCUT2D eigenvalue weighted by Crippen LogP contribution is -2.10. The smallest absolute Gasteiger partial charge is 0.294 e. The Morgan fingerprint density at radius 3 is 2.57 bits per heavy atom. The summed E-state index contributed by atoms with van der Waals surface area (Å²) in [7, 11) is 0. The third-order valence-electron chi connectivity index (χ3n) is 3.35. The number of oxazole rings is 1. The van der Waals surface area contributed by atoms with Crippen LogP contribution in [-0.4, -0.2) is 16.0 Å². The van der Waals surface area contributed by atoms with Crippen LogP contribution in [-0.2, 0) is 0 Å². The molecule has 0 fully saturated rings. The predicted molar refractivity (Wildman–Crippen MR) is 83.9 cm³/mol. The van der Waals surface area contributed by atoms with E-state index in [2.05, 4.69) is 15.5 Å². The van der Waals surface area contributed by atoms with Gasteiger partial charge in [0.1, 0.15) is 5.52 Å². The molecule has 6 heteroatoms. The van der Waals surface area contributed by atoms with Crippen LogP contribution in [0.5, 0.6) is 0 Å². The number of benzene rings is 2. The molecular weight excluding hydrogens is 294 g/mol. The SMILES string of the molecule is O=C(Nc1ccc(-c2nc3ccccc3o2)cc1)c1ccno1. The number of amides is 1. The van der Waals surface area contributed by atoms with E-state index in [1.807, 2.05) is 36.4 Å². The number of carbonyl (C=O) groups is 1. The Kier molecular flexibility index (Phi) is 3.12. The van der Waals surface area contributed by atoms with Crippen molar-refractivity contribution in [1.29, 1.82) is 0 Å². The Hall–Kier alpha value is -3.41. The lowest BCUT2D eigenvalue weighted by molar-refractivity contribution is 0.0988. The van der Waals surface area contributed by atoms with E-state index in [-0.39, 0.29) is 11.7 Å². The van der Waals surface area contributed by atoms with E-state index in [1.54, 1.807) is 12.1 Å². The van der Waals surface area contributed by atoms with Crippen molar-refractivity contribution in [3.05, 3.63) is 66.6 Å². The molecule has 1 N–H and O–H groups in total. The van der Waals surface area contributed by atoms with Gasteiger partial charge >= 0.3 is 0 Å². The first-order valence-corrected chi connectivity index (χ1v) is 6.98. The molecule has 0 saturated heterocycles. The molecule has 0 bridgehead atoms. The standard InChI is InChI=1S/C17H11N3O3/c21-16(15-9-10-18-23-15)19-12-7-5-11(6-8-12)17-20-13-3-1-2-4-14(13)22-17/h1-10H,(H,19,21). The van der Waals surface area contributed by atoms with Crippen LogP contribution < -0.4 is 5.32 Å². The quantitative estimate of drug-likeness (QED) is 0.623. The minimum atomic E-state index is -0.350. The van der Waals surface area contributed by atoms with E-state index in [4.69, 9.17) is 8.94 Å². The number of fused-ring (bicyclic) bond motifs is 1. The van der Waals surface area contributed by atoms with Gasteiger partial charge in [-0.15, -0.1) is 0 Å². The van der Waals surface area contributed by atoms with Gasteiger partial charge in [-0.25, -0.2) is 4.98 Å². The third-order valence-corrected chi connectivity index (χ3v) is 3.35. The lowest BCUT2D eigenvalue weighted by atomic mass is 10.2. The van der Waals surface area contributed by atoms with Crippen LogP contribution in [0.25, 0.3) is 22.6 Å². The first-order valence-electron chi connectivity index (χ1n) is 6.98. The molecule has 0 saturated carbocycles. The van der Waals surface area contributed by atoms with Crippen molar-refractivity contribution in [1.82, 2.24) is 10.1 Å². The zero-order valence-corrected chi connectivity index (χ0v) is 11.9. The number of carbonyl (C=O) groups excluding carboxylic acids is 1. The average Bonchev–Trinajstić information content (AvgIpc) is 3.25. The summed E-state index contributed by atoms with van der Waals surface area (Å²) in [5.74, 6) is 0.351. The van der Waals surface area contributed by atoms with Gasteiger partial charge in [0.05, 0.1) is 6.20 Å². The molecule has 0 unspecified atom stereocenters. The highest BCUT2D eigenvalue weighted by atomic mass is 16.5. The summed E-state index contributed by atoms with van der Waals surface area (Å²) in [5.41, 5.74) is 3.03. The summed E-state index contributed by atoms with van der Waals surface area (Å²) >= 11 is 0. The maximum Gasteiger partial charge on any atom is 0.294 e. The van der Waals surface area contributed by atoms with Gasteiger partial charge in [-0.2, -0.15) is 0 Å². The van der Waals surface area contributed by atoms with E-state index in [0.29, 0.717) is 11.6 Å². The molecule has 4 aromatic rings. The molecule has 6 nitrogen and oxygen atoms in total. The predicted octanol–water partition coefficient (Wildman–Crippen LogP) is 3.74. The summed E-state index contributed by atoms with van der Waals surface area (Å²) in [6.45, 7) is 0. The fraction of sp³-hybridized carbons (Fsp3) is 0. The first-order chi connectivity index (χ1) is 11.3. The average molecular weight is 305 g/mol. The second-order valence-electron chi connectivity index (χ2n) is 4.89. The molecule has 0 radical (unpaired) electrons. The molecule has 0 spiro atoms. The Bertz CT molecular complexity index is 923. The molecule has 1 amide bonds. The maximum atomic E-state index is 11.9. The van der Waals surface area contributed by atoms with Crippen molar-refractivity contribution in [2.24, 2.45) is 0 Å². The van der Waals surface area contributed by atoms with E-state index in [9.17, 15) is 4.79 Å². The summed E-state index contributed by atoms with van der Waals surface area (Å²) in [4.78, 5) is 16.3. The fourth-order valence-electron chi connectivity index (χ4n) is 2.22. The number of para-hydroxylation sites is 2.